The molecule has 2 amide bonds. The molecule has 1 saturated carbocycles. The maximum atomic E-state index is 11.9. The van der Waals surface area contributed by atoms with Crippen LogP contribution in [-0.2, 0) is 0 Å². The van der Waals surface area contributed by atoms with E-state index in [0.29, 0.717) is 11.7 Å². The summed E-state index contributed by atoms with van der Waals surface area (Å²) < 4.78 is 5.47. The molecule has 1 fully saturated rings. The third-order valence-corrected chi connectivity index (χ3v) is 4.79. The summed E-state index contributed by atoms with van der Waals surface area (Å²) >= 11 is 0. The van der Waals surface area contributed by atoms with E-state index in [9.17, 15) is 4.79 Å². The number of benzene rings is 1. The van der Waals surface area contributed by atoms with Crippen molar-refractivity contribution in [1.29, 1.82) is 0 Å². The van der Waals surface area contributed by atoms with E-state index in [1.54, 1.807) is 0 Å². The first kappa shape index (κ1) is 17.5. The quantitative estimate of drug-likeness (QED) is 0.825. The van der Waals surface area contributed by atoms with Crippen LogP contribution in [0.3, 0.4) is 0 Å². The Morgan fingerprint density at radius 2 is 1.96 bits per heavy atom. The number of hydrogen-bond donors (Lipinski definition) is 2. The lowest BCUT2D eigenvalue weighted by Gasteiger charge is -2.17. The molecule has 6 nitrogen and oxygen atoms in total. The van der Waals surface area contributed by atoms with Crippen LogP contribution in [0.25, 0.3) is 11.4 Å². The van der Waals surface area contributed by atoms with Gasteiger partial charge in [-0.1, -0.05) is 31.3 Å². The van der Waals surface area contributed by atoms with Gasteiger partial charge in [0.25, 0.3) is 0 Å². The van der Waals surface area contributed by atoms with E-state index in [0.717, 1.165) is 36.4 Å². The largest absolute Gasteiger partial charge is 0.339 e. The maximum absolute atomic E-state index is 11.9. The van der Waals surface area contributed by atoms with Gasteiger partial charge in [0.05, 0.1) is 0 Å². The molecule has 2 N–H and O–H groups in total. The average molecular weight is 342 g/mol. The van der Waals surface area contributed by atoms with Crippen LogP contribution in [0.15, 0.2) is 28.8 Å². The number of carbonyl (C=O) groups is 1. The standard InChI is InChI=1S/C19H26N4O2/c1-3-13(2)20-19(24)21-16-11-9-14(10-12-16)17-22-18(25-23-17)15-7-5-4-6-8-15/h9-13,15H,3-8H2,1-2H3,(H2,20,21,24). The Balaban J connectivity index is 1.62. The van der Waals surface area contributed by atoms with Crippen LogP contribution >= 0.6 is 0 Å². The van der Waals surface area contributed by atoms with Crippen molar-refractivity contribution in [3.05, 3.63) is 30.2 Å². The zero-order chi connectivity index (χ0) is 17.6. The fourth-order valence-corrected chi connectivity index (χ4v) is 3.06. The van der Waals surface area contributed by atoms with Crippen molar-refractivity contribution in [3.63, 3.8) is 0 Å². The third kappa shape index (κ3) is 4.59. The van der Waals surface area contributed by atoms with E-state index >= 15 is 0 Å². The lowest BCUT2D eigenvalue weighted by molar-refractivity contribution is 0.249. The Kier molecular flexibility index (Phi) is 5.68. The van der Waals surface area contributed by atoms with Gasteiger partial charge in [0.1, 0.15) is 0 Å². The molecule has 3 rings (SSSR count). The first-order chi connectivity index (χ1) is 12.2. The molecule has 2 aromatic rings. The Morgan fingerprint density at radius 1 is 1.24 bits per heavy atom. The van der Waals surface area contributed by atoms with Crippen LogP contribution in [0.1, 0.15) is 64.2 Å². The number of nitrogens with zero attached hydrogens (tertiary/aromatic N) is 2. The summed E-state index contributed by atoms with van der Waals surface area (Å²) in [5, 5.41) is 9.82. The van der Waals surface area contributed by atoms with Crippen molar-refractivity contribution in [2.75, 3.05) is 5.32 Å². The second kappa shape index (κ2) is 8.14. The molecule has 1 aliphatic rings. The Labute approximate surface area is 148 Å². The van der Waals surface area contributed by atoms with E-state index in [-0.39, 0.29) is 12.1 Å². The topological polar surface area (TPSA) is 80.0 Å². The molecule has 0 saturated heterocycles. The van der Waals surface area contributed by atoms with Crippen LogP contribution in [0.5, 0.6) is 0 Å². The van der Waals surface area contributed by atoms with Gasteiger partial charge in [-0.3, -0.25) is 0 Å². The van der Waals surface area contributed by atoms with E-state index in [2.05, 4.69) is 20.8 Å². The predicted molar refractivity (Wildman–Crippen MR) is 97.5 cm³/mol. The third-order valence-electron chi connectivity index (χ3n) is 4.79. The van der Waals surface area contributed by atoms with Gasteiger partial charge in [-0.05, 0) is 50.5 Å². The molecular weight excluding hydrogens is 316 g/mol. The molecule has 25 heavy (non-hydrogen) atoms. The van der Waals surface area contributed by atoms with E-state index in [1.165, 1.54) is 19.3 Å². The van der Waals surface area contributed by atoms with Gasteiger partial charge in [-0.2, -0.15) is 4.98 Å². The highest BCUT2D eigenvalue weighted by Crippen LogP contribution is 2.32. The number of aromatic nitrogens is 2. The number of hydrogen-bond acceptors (Lipinski definition) is 4. The molecule has 1 atom stereocenters. The summed E-state index contributed by atoms with van der Waals surface area (Å²) in [6, 6.07) is 7.45. The SMILES string of the molecule is CCC(C)NC(=O)Nc1ccc(-c2noc(C3CCCCC3)n2)cc1. The van der Waals surface area contributed by atoms with E-state index in [1.807, 2.05) is 38.1 Å². The highest BCUT2D eigenvalue weighted by Gasteiger charge is 2.21. The van der Waals surface area contributed by atoms with Crippen LogP contribution < -0.4 is 10.6 Å². The highest BCUT2D eigenvalue weighted by atomic mass is 16.5. The Bertz CT molecular complexity index is 690. The van der Waals surface area contributed by atoms with Gasteiger partial charge in [0.2, 0.25) is 11.7 Å². The Hall–Kier alpha value is -2.37. The van der Waals surface area contributed by atoms with Crippen LogP contribution in [-0.4, -0.2) is 22.2 Å². The van der Waals surface area contributed by atoms with Gasteiger partial charge < -0.3 is 15.2 Å². The molecule has 1 aliphatic carbocycles. The molecule has 0 spiro atoms. The summed E-state index contributed by atoms with van der Waals surface area (Å²) in [7, 11) is 0. The number of amides is 2. The zero-order valence-electron chi connectivity index (χ0n) is 14.9. The lowest BCUT2D eigenvalue weighted by Crippen LogP contribution is -2.35. The highest BCUT2D eigenvalue weighted by molar-refractivity contribution is 5.89. The minimum absolute atomic E-state index is 0.150. The van der Waals surface area contributed by atoms with Crippen molar-refractivity contribution >= 4 is 11.7 Å². The monoisotopic (exact) mass is 342 g/mol. The molecular formula is C19H26N4O2. The number of rotatable bonds is 5. The normalized spacial score (nSPS) is 16.4. The van der Waals surface area contributed by atoms with Crippen molar-refractivity contribution < 1.29 is 9.32 Å². The van der Waals surface area contributed by atoms with Gasteiger partial charge in [0, 0.05) is 23.2 Å². The first-order valence-corrected chi connectivity index (χ1v) is 9.17. The average Bonchev–Trinajstić information content (AvgIpc) is 3.13. The van der Waals surface area contributed by atoms with Crippen LogP contribution in [0.4, 0.5) is 10.5 Å². The number of anilines is 1. The van der Waals surface area contributed by atoms with Crippen LogP contribution in [0.2, 0.25) is 0 Å². The molecule has 6 heteroatoms. The van der Waals surface area contributed by atoms with Crippen molar-refractivity contribution in [1.82, 2.24) is 15.5 Å². The lowest BCUT2D eigenvalue weighted by atomic mass is 9.89. The summed E-state index contributed by atoms with van der Waals surface area (Å²) in [6.07, 6.45) is 6.94. The second-order valence-electron chi connectivity index (χ2n) is 6.78. The molecule has 1 aromatic heterocycles. The van der Waals surface area contributed by atoms with Crippen LogP contribution in [0, 0.1) is 0 Å². The molecule has 0 aliphatic heterocycles. The fraction of sp³-hybridized carbons (Fsp3) is 0.526. The van der Waals surface area contributed by atoms with Gasteiger partial charge >= 0.3 is 6.03 Å². The minimum atomic E-state index is -0.193. The van der Waals surface area contributed by atoms with Crippen molar-refractivity contribution in [2.24, 2.45) is 0 Å². The number of carbonyl (C=O) groups excluding carboxylic acids is 1. The van der Waals surface area contributed by atoms with Gasteiger partial charge in [0.15, 0.2) is 0 Å². The molecule has 0 radical (unpaired) electrons. The minimum Gasteiger partial charge on any atom is -0.339 e. The smallest absolute Gasteiger partial charge is 0.319 e. The van der Waals surface area contributed by atoms with Crippen molar-refractivity contribution in [3.8, 4) is 11.4 Å². The second-order valence-corrected chi connectivity index (χ2v) is 6.78. The molecule has 1 heterocycles. The summed E-state index contributed by atoms with van der Waals surface area (Å²) in [4.78, 5) is 16.4. The predicted octanol–water partition coefficient (Wildman–Crippen LogP) is 4.70. The summed E-state index contributed by atoms with van der Waals surface area (Å²) in [5.41, 5.74) is 1.62. The molecule has 134 valence electrons. The van der Waals surface area contributed by atoms with Crippen molar-refractivity contribution in [2.45, 2.75) is 64.3 Å². The molecule has 0 bridgehead atoms. The Morgan fingerprint density at radius 3 is 2.64 bits per heavy atom. The molecule has 1 unspecified atom stereocenters. The van der Waals surface area contributed by atoms with Gasteiger partial charge in [-0.15, -0.1) is 0 Å². The number of nitrogens with one attached hydrogen (secondary N) is 2. The van der Waals surface area contributed by atoms with E-state index < -0.39 is 0 Å². The summed E-state index contributed by atoms with van der Waals surface area (Å²) in [5.74, 6) is 1.77. The fourth-order valence-electron chi connectivity index (χ4n) is 3.06. The van der Waals surface area contributed by atoms with E-state index in [4.69, 9.17) is 4.52 Å². The molecule has 1 aromatic carbocycles. The zero-order valence-corrected chi connectivity index (χ0v) is 14.9. The maximum Gasteiger partial charge on any atom is 0.319 e. The first-order valence-electron chi connectivity index (χ1n) is 9.17. The summed E-state index contributed by atoms with van der Waals surface area (Å²) in [6.45, 7) is 4.01. The number of urea groups is 1. The van der Waals surface area contributed by atoms with Gasteiger partial charge in [-0.25, -0.2) is 4.79 Å².